The lowest BCUT2D eigenvalue weighted by atomic mass is 10.1. The third-order valence-corrected chi connectivity index (χ3v) is 4.45. The second-order valence-electron chi connectivity index (χ2n) is 6.03. The molecule has 8 heteroatoms. The van der Waals surface area contributed by atoms with Gasteiger partial charge in [0.05, 0.1) is 19.3 Å². The minimum atomic E-state index is -0.870. The second kappa shape index (κ2) is 6.21. The van der Waals surface area contributed by atoms with Gasteiger partial charge in [0.2, 0.25) is 0 Å². The van der Waals surface area contributed by atoms with Gasteiger partial charge in [-0.05, 0) is 42.0 Å². The maximum absolute atomic E-state index is 13.1. The second-order valence-corrected chi connectivity index (χ2v) is 6.03. The lowest BCUT2D eigenvalue weighted by Crippen LogP contribution is -2.39. The first-order chi connectivity index (χ1) is 12.6. The molecular weight excluding hydrogens is 339 g/mol. The molecule has 2 aromatic carbocycles. The monoisotopic (exact) mass is 354 g/mol. The third kappa shape index (κ3) is 2.59. The molecule has 2 heterocycles. The highest BCUT2D eigenvalue weighted by molar-refractivity contribution is 6.25. The van der Waals surface area contributed by atoms with Crippen molar-refractivity contribution in [3.63, 3.8) is 0 Å². The van der Waals surface area contributed by atoms with E-state index in [-0.39, 0.29) is 0 Å². The zero-order valence-corrected chi connectivity index (χ0v) is 13.9. The summed E-state index contributed by atoms with van der Waals surface area (Å²) < 4.78 is 18.2. The van der Waals surface area contributed by atoms with Gasteiger partial charge >= 0.3 is 0 Å². The summed E-state index contributed by atoms with van der Waals surface area (Å²) in [5.74, 6) is -0.573. The van der Waals surface area contributed by atoms with Crippen LogP contribution in [0.1, 0.15) is 5.56 Å². The van der Waals surface area contributed by atoms with E-state index in [2.05, 4.69) is 10.3 Å². The van der Waals surface area contributed by atoms with Crippen molar-refractivity contribution in [2.24, 2.45) is 10.3 Å². The summed E-state index contributed by atoms with van der Waals surface area (Å²) in [5.41, 5.74) is 1.24. The molecule has 0 radical (unpaired) electrons. The Morgan fingerprint density at radius 1 is 1.04 bits per heavy atom. The summed E-state index contributed by atoms with van der Waals surface area (Å²) in [5, 5.41) is 9.48. The van der Waals surface area contributed by atoms with E-state index in [1.165, 1.54) is 29.3 Å². The van der Waals surface area contributed by atoms with Crippen molar-refractivity contribution < 1.29 is 18.7 Å². The Bertz CT molecular complexity index is 882. The molecular formula is C18H15FN4O3. The van der Waals surface area contributed by atoms with Crippen LogP contribution in [0.15, 0.2) is 58.9 Å². The molecule has 0 saturated carbocycles. The molecule has 2 aliphatic rings. The molecule has 26 heavy (non-hydrogen) atoms. The SMILES string of the molecule is COc1ccc(CN2N=N[C@H]3C(=O)N(c4ccc(F)cc4)C(=O)[C@@H]32)cc1. The molecule has 2 aromatic rings. The quantitative estimate of drug-likeness (QED) is 0.790. The molecule has 0 aromatic heterocycles. The molecule has 0 N–H and O–H groups in total. The summed E-state index contributed by atoms with van der Waals surface area (Å²) in [6.07, 6.45) is 0. The highest BCUT2D eigenvalue weighted by Crippen LogP contribution is 2.32. The fraction of sp³-hybridized carbons (Fsp3) is 0.222. The van der Waals surface area contributed by atoms with Crippen molar-refractivity contribution in [2.75, 3.05) is 12.0 Å². The van der Waals surface area contributed by atoms with Crippen LogP contribution in [0.5, 0.6) is 5.75 Å². The molecule has 2 atom stereocenters. The number of hydrogen-bond donors (Lipinski definition) is 0. The molecule has 2 amide bonds. The van der Waals surface area contributed by atoms with E-state index in [1.54, 1.807) is 7.11 Å². The summed E-state index contributed by atoms with van der Waals surface area (Å²) in [4.78, 5) is 26.4. The van der Waals surface area contributed by atoms with Gasteiger partial charge in [-0.15, -0.1) is 0 Å². The van der Waals surface area contributed by atoms with E-state index in [1.807, 2.05) is 24.3 Å². The average Bonchev–Trinajstić information content (AvgIpc) is 3.17. The number of rotatable bonds is 4. The molecule has 0 bridgehead atoms. The fourth-order valence-electron chi connectivity index (χ4n) is 3.12. The molecule has 0 aliphatic carbocycles. The number of anilines is 1. The molecule has 4 rings (SSSR count). The first kappa shape index (κ1) is 16.2. The molecule has 0 unspecified atom stereocenters. The first-order valence-corrected chi connectivity index (χ1v) is 8.02. The van der Waals surface area contributed by atoms with Gasteiger partial charge in [-0.2, -0.15) is 5.11 Å². The normalized spacial score (nSPS) is 21.5. The van der Waals surface area contributed by atoms with Gasteiger partial charge < -0.3 is 4.74 Å². The fourth-order valence-corrected chi connectivity index (χ4v) is 3.12. The molecule has 1 saturated heterocycles. The zero-order chi connectivity index (χ0) is 18.3. The Kier molecular flexibility index (Phi) is 3.87. The summed E-state index contributed by atoms with van der Waals surface area (Å²) in [6.45, 7) is 0.338. The predicted molar refractivity (Wildman–Crippen MR) is 89.9 cm³/mol. The van der Waals surface area contributed by atoms with Gasteiger partial charge in [-0.25, -0.2) is 9.29 Å². The van der Waals surface area contributed by atoms with E-state index < -0.39 is 29.7 Å². The number of amides is 2. The first-order valence-electron chi connectivity index (χ1n) is 8.02. The van der Waals surface area contributed by atoms with Crippen LogP contribution in [0.2, 0.25) is 0 Å². The average molecular weight is 354 g/mol. The van der Waals surface area contributed by atoms with E-state index in [0.29, 0.717) is 12.2 Å². The number of halogens is 1. The van der Waals surface area contributed by atoms with Gasteiger partial charge in [-0.3, -0.25) is 14.6 Å². The number of methoxy groups -OCH3 is 1. The van der Waals surface area contributed by atoms with Crippen LogP contribution in [-0.4, -0.2) is 36.0 Å². The van der Waals surface area contributed by atoms with Crippen molar-refractivity contribution in [3.8, 4) is 5.75 Å². The van der Waals surface area contributed by atoms with Crippen LogP contribution in [0.25, 0.3) is 0 Å². The Labute approximate surface area is 148 Å². The van der Waals surface area contributed by atoms with Crippen LogP contribution in [-0.2, 0) is 16.1 Å². The van der Waals surface area contributed by atoms with Crippen LogP contribution in [0, 0.1) is 5.82 Å². The van der Waals surface area contributed by atoms with Crippen molar-refractivity contribution in [2.45, 2.75) is 18.6 Å². The van der Waals surface area contributed by atoms with Crippen molar-refractivity contribution >= 4 is 17.5 Å². The Hall–Kier alpha value is -3.29. The highest BCUT2D eigenvalue weighted by atomic mass is 19.1. The number of carbonyl (C=O) groups is 2. The smallest absolute Gasteiger partial charge is 0.263 e. The lowest BCUT2D eigenvalue weighted by Gasteiger charge is -2.20. The predicted octanol–water partition coefficient (Wildman–Crippen LogP) is 2.33. The maximum atomic E-state index is 13.1. The maximum Gasteiger partial charge on any atom is 0.263 e. The number of ether oxygens (including phenoxy) is 1. The van der Waals surface area contributed by atoms with E-state index in [4.69, 9.17) is 4.74 Å². The van der Waals surface area contributed by atoms with Gasteiger partial charge in [0.15, 0.2) is 12.1 Å². The van der Waals surface area contributed by atoms with Crippen LogP contribution < -0.4 is 9.64 Å². The largest absolute Gasteiger partial charge is 0.497 e. The number of carbonyl (C=O) groups excluding carboxylic acids is 2. The minimum absolute atomic E-state index is 0.329. The van der Waals surface area contributed by atoms with Crippen LogP contribution >= 0.6 is 0 Å². The summed E-state index contributed by atoms with van der Waals surface area (Å²) >= 11 is 0. The van der Waals surface area contributed by atoms with Crippen LogP contribution in [0.3, 0.4) is 0 Å². The molecule has 0 spiro atoms. The van der Waals surface area contributed by atoms with Gasteiger partial charge in [0, 0.05) is 0 Å². The zero-order valence-electron chi connectivity index (χ0n) is 13.9. The third-order valence-electron chi connectivity index (χ3n) is 4.45. The van der Waals surface area contributed by atoms with Crippen molar-refractivity contribution in [1.82, 2.24) is 5.01 Å². The van der Waals surface area contributed by atoms with Gasteiger partial charge in [0.1, 0.15) is 11.6 Å². The Morgan fingerprint density at radius 2 is 1.73 bits per heavy atom. The topological polar surface area (TPSA) is 74.6 Å². The number of hydrogen-bond acceptors (Lipinski definition) is 6. The number of fused-ring (bicyclic) bond motifs is 1. The number of nitrogens with zero attached hydrogens (tertiary/aromatic N) is 4. The highest BCUT2D eigenvalue weighted by Gasteiger charge is 2.54. The van der Waals surface area contributed by atoms with Crippen LogP contribution in [0.4, 0.5) is 10.1 Å². The molecule has 1 fully saturated rings. The standard InChI is InChI=1S/C18H15FN4O3/c1-26-14-8-2-11(3-9-14)10-22-16-15(20-21-22)17(24)23(18(16)25)13-6-4-12(19)5-7-13/h2-9,15-16H,10H2,1H3/t15-,16-/m1/s1. The van der Waals surface area contributed by atoms with Crippen molar-refractivity contribution in [3.05, 3.63) is 59.9 Å². The Morgan fingerprint density at radius 3 is 2.38 bits per heavy atom. The minimum Gasteiger partial charge on any atom is -0.497 e. The molecule has 132 valence electrons. The van der Waals surface area contributed by atoms with E-state index >= 15 is 0 Å². The van der Waals surface area contributed by atoms with Gasteiger partial charge in [-0.1, -0.05) is 17.4 Å². The Balaban J connectivity index is 1.56. The molecule has 2 aliphatic heterocycles. The van der Waals surface area contributed by atoms with E-state index in [0.717, 1.165) is 16.2 Å². The number of imide groups is 1. The summed E-state index contributed by atoms with van der Waals surface area (Å²) in [6, 6.07) is 10.9. The molecule has 7 nitrogen and oxygen atoms in total. The lowest BCUT2D eigenvalue weighted by molar-refractivity contribution is -0.123. The summed E-state index contributed by atoms with van der Waals surface area (Å²) in [7, 11) is 1.58. The number of benzene rings is 2. The van der Waals surface area contributed by atoms with Gasteiger partial charge in [0.25, 0.3) is 11.8 Å². The van der Waals surface area contributed by atoms with E-state index in [9.17, 15) is 14.0 Å². The van der Waals surface area contributed by atoms with Crippen molar-refractivity contribution in [1.29, 1.82) is 0 Å².